The molecule has 3 nitrogen and oxygen atoms in total. The molecule has 2 aromatic rings. The highest BCUT2D eigenvalue weighted by molar-refractivity contribution is 5.80. The number of rotatable bonds is 4. The number of fused-ring (bicyclic) bond motifs is 1. The number of nitrogens with zero attached hydrogens (tertiary/aromatic N) is 1. The summed E-state index contributed by atoms with van der Waals surface area (Å²) in [5, 5.41) is 0. The van der Waals surface area contributed by atoms with E-state index in [9.17, 15) is 4.79 Å². The Morgan fingerprint density at radius 2 is 1.78 bits per heavy atom. The number of aryl methyl sites for hydroxylation is 1. The molecule has 0 bridgehead atoms. The monoisotopic (exact) mass is 308 g/mol. The summed E-state index contributed by atoms with van der Waals surface area (Å²) in [4.78, 5) is 14.8. The second kappa shape index (κ2) is 6.55. The van der Waals surface area contributed by atoms with Gasteiger partial charge in [-0.05, 0) is 29.5 Å². The first-order valence-electron chi connectivity index (χ1n) is 8.24. The van der Waals surface area contributed by atoms with E-state index in [-0.39, 0.29) is 23.9 Å². The molecule has 3 unspecified atom stereocenters. The molecule has 23 heavy (non-hydrogen) atoms. The number of amides is 1. The van der Waals surface area contributed by atoms with Crippen LogP contribution in [0.5, 0.6) is 0 Å². The number of carbonyl (C=O) groups is 1. The average Bonchev–Trinajstić information content (AvgIpc) is 3.04. The van der Waals surface area contributed by atoms with Crippen molar-refractivity contribution in [2.24, 2.45) is 11.7 Å². The van der Waals surface area contributed by atoms with Gasteiger partial charge in [0.25, 0.3) is 0 Å². The lowest BCUT2D eigenvalue weighted by Crippen LogP contribution is -2.38. The summed E-state index contributed by atoms with van der Waals surface area (Å²) in [5.41, 5.74) is 9.97. The van der Waals surface area contributed by atoms with Crippen LogP contribution in [0.2, 0.25) is 0 Å². The van der Waals surface area contributed by atoms with Crippen LogP contribution in [0.3, 0.4) is 0 Å². The first kappa shape index (κ1) is 15.8. The highest BCUT2D eigenvalue weighted by Crippen LogP contribution is 2.36. The number of hydrogen-bond acceptors (Lipinski definition) is 2. The molecule has 0 aliphatic heterocycles. The molecule has 0 radical (unpaired) electrons. The van der Waals surface area contributed by atoms with Gasteiger partial charge in [0.1, 0.15) is 0 Å². The maximum absolute atomic E-state index is 12.9. The summed E-state index contributed by atoms with van der Waals surface area (Å²) in [6, 6.07) is 18.2. The quantitative estimate of drug-likeness (QED) is 0.940. The lowest BCUT2D eigenvalue weighted by molar-refractivity contribution is -0.136. The zero-order chi connectivity index (χ0) is 16.4. The highest BCUT2D eigenvalue weighted by Gasteiger charge is 2.32. The van der Waals surface area contributed by atoms with Crippen LogP contribution in [-0.4, -0.2) is 17.9 Å². The molecule has 0 spiro atoms. The van der Waals surface area contributed by atoms with Crippen molar-refractivity contribution >= 4 is 5.91 Å². The van der Waals surface area contributed by atoms with Crippen molar-refractivity contribution in [1.29, 1.82) is 0 Å². The molecule has 0 fully saturated rings. The van der Waals surface area contributed by atoms with Crippen molar-refractivity contribution in [3.63, 3.8) is 0 Å². The normalized spacial score (nSPS) is 19.0. The highest BCUT2D eigenvalue weighted by atomic mass is 16.2. The van der Waals surface area contributed by atoms with Crippen LogP contribution in [0.1, 0.15) is 42.1 Å². The number of nitrogens with two attached hydrogens (primary N) is 1. The summed E-state index contributed by atoms with van der Waals surface area (Å²) in [5.74, 6) is -0.127. The van der Waals surface area contributed by atoms with Crippen LogP contribution in [0.25, 0.3) is 0 Å². The zero-order valence-corrected chi connectivity index (χ0v) is 13.8. The van der Waals surface area contributed by atoms with Crippen LogP contribution in [0, 0.1) is 5.92 Å². The first-order chi connectivity index (χ1) is 11.1. The number of hydrogen-bond donors (Lipinski definition) is 1. The fourth-order valence-electron chi connectivity index (χ4n) is 3.53. The molecule has 1 aliphatic carbocycles. The molecule has 1 amide bonds. The van der Waals surface area contributed by atoms with E-state index >= 15 is 0 Å². The smallest absolute Gasteiger partial charge is 0.227 e. The van der Waals surface area contributed by atoms with Gasteiger partial charge < -0.3 is 10.6 Å². The standard InChI is InChI=1S/C20H24N2O/c1-14(19(21)16-9-4-3-5-10-16)20(23)22(2)18-13-12-15-8-6-7-11-17(15)18/h3-11,14,18-19H,12-13,21H2,1-2H3. The Hall–Kier alpha value is -2.13. The van der Waals surface area contributed by atoms with Crippen molar-refractivity contribution in [2.75, 3.05) is 7.05 Å². The second-order valence-electron chi connectivity index (χ2n) is 6.43. The van der Waals surface area contributed by atoms with Crippen molar-refractivity contribution in [3.05, 3.63) is 71.3 Å². The first-order valence-corrected chi connectivity index (χ1v) is 8.24. The molecule has 1 aliphatic rings. The molecule has 3 heteroatoms. The Balaban J connectivity index is 1.75. The topological polar surface area (TPSA) is 46.3 Å². The predicted molar refractivity (Wildman–Crippen MR) is 92.8 cm³/mol. The largest absolute Gasteiger partial charge is 0.338 e. The van der Waals surface area contributed by atoms with Crippen molar-refractivity contribution in [3.8, 4) is 0 Å². The third kappa shape index (κ3) is 3.02. The van der Waals surface area contributed by atoms with Crippen LogP contribution < -0.4 is 5.73 Å². The van der Waals surface area contributed by atoms with Gasteiger partial charge in [0, 0.05) is 13.1 Å². The van der Waals surface area contributed by atoms with Crippen molar-refractivity contribution in [2.45, 2.75) is 31.8 Å². The minimum atomic E-state index is -0.275. The van der Waals surface area contributed by atoms with Crippen LogP contribution in [0.4, 0.5) is 0 Å². The molecule has 0 aromatic heterocycles. The lowest BCUT2D eigenvalue weighted by atomic mass is 9.93. The van der Waals surface area contributed by atoms with Gasteiger partial charge in [0.15, 0.2) is 0 Å². The maximum Gasteiger partial charge on any atom is 0.227 e. The van der Waals surface area contributed by atoms with Gasteiger partial charge >= 0.3 is 0 Å². The second-order valence-corrected chi connectivity index (χ2v) is 6.43. The van der Waals surface area contributed by atoms with E-state index in [0.29, 0.717) is 0 Å². The van der Waals surface area contributed by atoms with E-state index in [1.165, 1.54) is 11.1 Å². The lowest BCUT2D eigenvalue weighted by Gasteiger charge is -2.30. The Bertz CT molecular complexity index is 683. The molecule has 0 saturated carbocycles. The van der Waals surface area contributed by atoms with Gasteiger partial charge in [-0.3, -0.25) is 4.79 Å². The molecular weight excluding hydrogens is 284 g/mol. The minimum Gasteiger partial charge on any atom is -0.338 e. The van der Waals surface area contributed by atoms with E-state index in [2.05, 4.69) is 24.3 Å². The molecule has 2 N–H and O–H groups in total. The third-order valence-electron chi connectivity index (χ3n) is 5.03. The molecule has 120 valence electrons. The van der Waals surface area contributed by atoms with Crippen molar-refractivity contribution in [1.82, 2.24) is 4.90 Å². The van der Waals surface area contributed by atoms with Gasteiger partial charge in [-0.15, -0.1) is 0 Å². The van der Waals surface area contributed by atoms with Crippen molar-refractivity contribution < 1.29 is 4.79 Å². The summed E-state index contributed by atoms with van der Waals surface area (Å²) < 4.78 is 0. The van der Waals surface area contributed by atoms with E-state index in [4.69, 9.17) is 5.73 Å². The fraction of sp³-hybridized carbons (Fsp3) is 0.350. The van der Waals surface area contributed by atoms with Crippen LogP contribution >= 0.6 is 0 Å². The Kier molecular flexibility index (Phi) is 4.49. The van der Waals surface area contributed by atoms with E-state index in [1.54, 1.807) is 0 Å². The van der Waals surface area contributed by atoms with Gasteiger partial charge in [-0.1, -0.05) is 61.5 Å². The Morgan fingerprint density at radius 1 is 1.13 bits per heavy atom. The molecular formula is C20H24N2O. The molecule has 0 heterocycles. The Morgan fingerprint density at radius 3 is 2.52 bits per heavy atom. The van der Waals surface area contributed by atoms with Gasteiger partial charge in [-0.25, -0.2) is 0 Å². The number of carbonyl (C=O) groups excluding carboxylic acids is 1. The van der Waals surface area contributed by atoms with Gasteiger partial charge in [0.2, 0.25) is 5.91 Å². The maximum atomic E-state index is 12.9. The molecule has 2 aromatic carbocycles. The summed E-state index contributed by atoms with van der Waals surface area (Å²) in [6.45, 7) is 1.93. The van der Waals surface area contributed by atoms with E-state index in [0.717, 1.165) is 18.4 Å². The number of benzene rings is 2. The Labute approximate surface area is 138 Å². The van der Waals surface area contributed by atoms with Gasteiger partial charge in [-0.2, -0.15) is 0 Å². The summed E-state index contributed by atoms with van der Waals surface area (Å²) in [6.07, 6.45) is 2.03. The summed E-state index contributed by atoms with van der Waals surface area (Å²) in [7, 11) is 1.91. The fourth-order valence-corrected chi connectivity index (χ4v) is 3.53. The zero-order valence-electron chi connectivity index (χ0n) is 13.8. The molecule has 3 rings (SSSR count). The van der Waals surface area contributed by atoms with E-state index in [1.807, 2.05) is 49.2 Å². The molecule has 3 atom stereocenters. The summed E-state index contributed by atoms with van der Waals surface area (Å²) >= 11 is 0. The van der Waals surface area contributed by atoms with Crippen LogP contribution in [0.15, 0.2) is 54.6 Å². The average molecular weight is 308 g/mol. The predicted octanol–water partition coefficient (Wildman–Crippen LogP) is 3.47. The third-order valence-corrected chi connectivity index (χ3v) is 5.03. The van der Waals surface area contributed by atoms with E-state index < -0.39 is 0 Å². The minimum absolute atomic E-state index is 0.114. The van der Waals surface area contributed by atoms with Crippen LogP contribution in [-0.2, 0) is 11.2 Å². The molecule has 0 saturated heterocycles. The SMILES string of the molecule is CC(C(=O)N(C)C1CCc2ccccc21)C(N)c1ccccc1. The van der Waals surface area contributed by atoms with Gasteiger partial charge in [0.05, 0.1) is 12.0 Å².